The van der Waals surface area contributed by atoms with E-state index in [1.807, 2.05) is 0 Å². The third kappa shape index (κ3) is 2.92. The molecule has 0 bridgehead atoms. The molecule has 1 heterocycles. The van der Waals surface area contributed by atoms with Gasteiger partial charge in [-0.3, -0.25) is 0 Å². The highest BCUT2D eigenvalue weighted by atomic mass is 32.2. The minimum Gasteiger partial charge on any atom is -0.390 e. The number of hydrogen-bond donors (Lipinski definition) is 2. The summed E-state index contributed by atoms with van der Waals surface area (Å²) in [5.41, 5.74) is 0. The van der Waals surface area contributed by atoms with Gasteiger partial charge in [0.05, 0.1) is 17.6 Å². The molecule has 3 unspecified atom stereocenters. The molecule has 1 aliphatic heterocycles. The molecule has 0 spiro atoms. The standard InChI is InChI=1S/C10H19NO3S/c1-7(8-2-3-8)4-11-9-5-15(13,14)6-10(9)12/h7-12H,2-6H2,1H3. The summed E-state index contributed by atoms with van der Waals surface area (Å²) < 4.78 is 22.5. The van der Waals surface area contributed by atoms with Crippen molar-refractivity contribution in [3.63, 3.8) is 0 Å². The molecule has 1 aliphatic carbocycles. The Bertz CT molecular complexity index is 324. The van der Waals surface area contributed by atoms with Crippen LogP contribution in [0.3, 0.4) is 0 Å². The fourth-order valence-electron chi connectivity index (χ4n) is 2.19. The Labute approximate surface area is 91.0 Å². The molecule has 3 atom stereocenters. The van der Waals surface area contributed by atoms with Gasteiger partial charge >= 0.3 is 0 Å². The molecule has 4 nitrogen and oxygen atoms in total. The summed E-state index contributed by atoms with van der Waals surface area (Å²) >= 11 is 0. The molecular weight excluding hydrogens is 214 g/mol. The molecule has 0 radical (unpaired) electrons. The third-order valence-corrected chi connectivity index (χ3v) is 5.17. The van der Waals surface area contributed by atoms with E-state index in [1.165, 1.54) is 12.8 Å². The molecule has 2 fully saturated rings. The highest BCUT2D eigenvalue weighted by molar-refractivity contribution is 7.91. The van der Waals surface area contributed by atoms with Crippen molar-refractivity contribution in [2.45, 2.75) is 31.9 Å². The maximum atomic E-state index is 11.2. The maximum Gasteiger partial charge on any atom is 0.154 e. The van der Waals surface area contributed by atoms with Crippen molar-refractivity contribution >= 4 is 9.84 Å². The van der Waals surface area contributed by atoms with Crippen LogP contribution < -0.4 is 5.32 Å². The number of nitrogens with one attached hydrogen (secondary N) is 1. The van der Waals surface area contributed by atoms with Gasteiger partial charge in [0.2, 0.25) is 0 Å². The van der Waals surface area contributed by atoms with Gasteiger partial charge in [-0.2, -0.15) is 0 Å². The second-order valence-electron chi connectivity index (χ2n) is 4.97. The van der Waals surface area contributed by atoms with E-state index in [2.05, 4.69) is 12.2 Å². The summed E-state index contributed by atoms with van der Waals surface area (Å²) in [5, 5.41) is 12.7. The van der Waals surface area contributed by atoms with Crippen molar-refractivity contribution in [3.8, 4) is 0 Å². The molecule has 0 aromatic rings. The summed E-state index contributed by atoms with van der Waals surface area (Å²) in [4.78, 5) is 0. The number of aliphatic hydroxyl groups excluding tert-OH is 1. The van der Waals surface area contributed by atoms with Crippen molar-refractivity contribution in [3.05, 3.63) is 0 Å². The van der Waals surface area contributed by atoms with Crippen LogP contribution in [0.5, 0.6) is 0 Å². The zero-order valence-corrected chi connectivity index (χ0v) is 9.83. The third-order valence-electron chi connectivity index (χ3n) is 3.45. The van der Waals surface area contributed by atoms with Crippen molar-refractivity contribution in [2.75, 3.05) is 18.1 Å². The molecule has 88 valence electrons. The quantitative estimate of drug-likeness (QED) is 0.704. The summed E-state index contributed by atoms with van der Waals surface area (Å²) in [5.74, 6) is 1.42. The van der Waals surface area contributed by atoms with Crippen LogP contribution in [0.1, 0.15) is 19.8 Å². The van der Waals surface area contributed by atoms with Gasteiger partial charge in [0.25, 0.3) is 0 Å². The van der Waals surface area contributed by atoms with Gasteiger partial charge in [0.15, 0.2) is 9.84 Å². The molecule has 2 rings (SSSR count). The van der Waals surface area contributed by atoms with Crippen LogP contribution >= 0.6 is 0 Å². The van der Waals surface area contributed by atoms with E-state index in [4.69, 9.17) is 0 Å². The van der Waals surface area contributed by atoms with Crippen molar-refractivity contribution in [2.24, 2.45) is 11.8 Å². The van der Waals surface area contributed by atoms with Gasteiger partial charge in [-0.1, -0.05) is 6.92 Å². The van der Waals surface area contributed by atoms with Crippen molar-refractivity contribution in [1.29, 1.82) is 0 Å². The smallest absolute Gasteiger partial charge is 0.154 e. The van der Waals surface area contributed by atoms with E-state index in [0.717, 1.165) is 12.5 Å². The predicted octanol–water partition coefficient (Wildman–Crippen LogP) is -0.220. The summed E-state index contributed by atoms with van der Waals surface area (Å²) in [6.07, 6.45) is 1.88. The lowest BCUT2D eigenvalue weighted by Crippen LogP contribution is -2.41. The van der Waals surface area contributed by atoms with E-state index in [9.17, 15) is 13.5 Å². The van der Waals surface area contributed by atoms with Gasteiger partial charge < -0.3 is 10.4 Å². The van der Waals surface area contributed by atoms with Crippen LogP contribution in [-0.2, 0) is 9.84 Å². The molecule has 0 aromatic carbocycles. The Hall–Kier alpha value is -0.130. The lowest BCUT2D eigenvalue weighted by Gasteiger charge is -2.18. The molecule has 2 aliphatic rings. The fourth-order valence-corrected chi connectivity index (χ4v) is 3.97. The number of aliphatic hydroxyl groups is 1. The average molecular weight is 233 g/mol. The van der Waals surface area contributed by atoms with Crippen LogP contribution in [-0.4, -0.2) is 43.7 Å². The molecule has 15 heavy (non-hydrogen) atoms. The minimum absolute atomic E-state index is 0.0809. The summed E-state index contributed by atoms with van der Waals surface area (Å²) in [6.45, 7) is 3.00. The second-order valence-corrected chi connectivity index (χ2v) is 7.13. The first-order chi connectivity index (χ1) is 6.98. The summed E-state index contributed by atoms with van der Waals surface area (Å²) in [6, 6.07) is -0.254. The van der Waals surface area contributed by atoms with E-state index in [-0.39, 0.29) is 17.5 Å². The number of sulfone groups is 1. The second kappa shape index (κ2) is 4.03. The first kappa shape index (κ1) is 11.4. The van der Waals surface area contributed by atoms with Gasteiger partial charge in [-0.05, 0) is 31.2 Å². The van der Waals surface area contributed by atoms with Crippen LogP contribution in [0.15, 0.2) is 0 Å². The Morgan fingerprint density at radius 3 is 2.53 bits per heavy atom. The van der Waals surface area contributed by atoms with Gasteiger partial charge in [0.1, 0.15) is 0 Å². The van der Waals surface area contributed by atoms with Crippen LogP contribution in [0, 0.1) is 11.8 Å². The van der Waals surface area contributed by atoms with Crippen molar-refractivity contribution < 1.29 is 13.5 Å². The Morgan fingerprint density at radius 1 is 1.40 bits per heavy atom. The van der Waals surface area contributed by atoms with Crippen LogP contribution in [0.4, 0.5) is 0 Å². The first-order valence-electron chi connectivity index (χ1n) is 5.60. The lowest BCUT2D eigenvalue weighted by atomic mass is 10.1. The van der Waals surface area contributed by atoms with Gasteiger partial charge in [-0.15, -0.1) is 0 Å². The number of hydrogen-bond acceptors (Lipinski definition) is 4. The van der Waals surface area contributed by atoms with Crippen molar-refractivity contribution in [1.82, 2.24) is 5.32 Å². The van der Waals surface area contributed by atoms with Gasteiger partial charge in [0, 0.05) is 6.04 Å². The zero-order chi connectivity index (χ0) is 11.1. The average Bonchev–Trinajstić information content (AvgIpc) is 2.90. The largest absolute Gasteiger partial charge is 0.390 e. The van der Waals surface area contributed by atoms with E-state index in [0.29, 0.717) is 5.92 Å². The first-order valence-corrected chi connectivity index (χ1v) is 7.42. The fraction of sp³-hybridized carbons (Fsp3) is 1.00. The SMILES string of the molecule is CC(CNC1CS(=O)(=O)CC1O)C1CC1. The van der Waals surface area contributed by atoms with E-state index in [1.54, 1.807) is 0 Å². The molecule has 2 N–H and O–H groups in total. The molecule has 0 amide bonds. The van der Waals surface area contributed by atoms with Crippen LogP contribution in [0.2, 0.25) is 0 Å². The molecule has 1 saturated carbocycles. The Kier molecular flexibility index (Phi) is 3.05. The van der Waals surface area contributed by atoms with Gasteiger partial charge in [-0.25, -0.2) is 8.42 Å². The Morgan fingerprint density at radius 2 is 2.07 bits per heavy atom. The minimum atomic E-state index is -3.01. The molecule has 1 saturated heterocycles. The molecule has 5 heteroatoms. The predicted molar refractivity (Wildman–Crippen MR) is 58.3 cm³/mol. The normalized spacial score (nSPS) is 36.7. The lowest BCUT2D eigenvalue weighted by molar-refractivity contribution is 0.163. The Balaban J connectivity index is 1.79. The van der Waals surface area contributed by atoms with E-state index >= 15 is 0 Å². The molecular formula is C10H19NO3S. The topological polar surface area (TPSA) is 66.4 Å². The zero-order valence-electron chi connectivity index (χ0n) is 9.02. The number of rotatable bonds is 4. The van der Waals surface area contributed by atoms with Crippen LogP contribution in [0.25, 0.3) is 0 Å². The highest BCUT2D eigenvalue weighted by Crippen LogP contribution is 2.36. The molecule has 0 aromatic heterocycles. The maximum absolute atomic E-state index is 11.2. The monoisotopic (exact) mass is 233 g/mol. The highest BCUT2D eigenvalue weighted by Gasteiger charge is 2.37. The summed E-state index contributed by atoms with van der Waals surface area (Å²) in [7, 11) is -3.01. The van der Waals surface area contributed by atoms with E-state index < -0.39 is 15.9 Å².